The number of nitrogens with zero attached hydrogens (tertiary/aromatic N) is 4. The molecule has 8 heteroatoms. The second-order valence-corrected chi connectivity index (χ2v) is 7.61. The number of fused-ring (bicyclic) bond motifs is 1. The molecule has 0 saturated heterocycles. The van der Waals surface area contributed by atoms with Crippen molar-refractivity contribution in [1.82, 2.24) is 19.7 Å². The van der Waals surface area contributed by atoms with E-state index in [1.165, 1.54) is 27.8 Å². The van der Waals surface area contributed by atoms with Crippen LogP contribution in [0.25, 0.3) is 10.9 Å². The molecule has 1 amide bonds. The fourth-order valence-corrected chi connectivity index (χ4v) is 3.73. The number of aromatic nitrogens is 4. The van der Waals surface area contributed by atoms with E-state index in [2.05, 4.69) is 32.6 Å². The predicted octanol–water partition coefficient (Wildman–Crippen LogP) is 3.06. The highest BCUT2D eigenvalue weighted by molar-refractivity contribution is 7.15. The summed E-state index contributed by atoms with van der Waals surface area (Å²) in [4.78, 5) is 29.0. The van der Waals surface area contributed by atoms with Gasteiger partial charge in [-0.05, 0) is 24.1 Å². The molecule has 0 atom stereocenters. The van der Waals surface area contributed by atoms with Crippen molar-refractivity contribution < 1.29 is 4.79 Å². The van der Waals surface area contributed by atoms with E-state index >= 15 is 0 Å². The summed E-state index contributed by atoms with van der Waals surface area (Å²) >= 11 is 1.37. The van der Waals surface area contributed by atoms with Crippen LogP contribution in [0, 0.1) is 0 Å². The number of benzene rings is 2. The lowest BCUT2D eigenvalue weighted by atomic mass is 10.1. The molecule has 4 aromatic rings. The van der Waals surface area contributed by atoms with E-state index in [1.54, 1.807) is 18.2 Å². The third-order valence-corrected chi connectivity index (χ3v) is 5.39. The number of amides is 1. The Balaban J connectivity index is 1.32. The highest BCUT2D eigenvalue weighted by Crippen LogP contribution is 2.17. The standard InChI is InChI=1S/C21H19N5O2S/c27-18(12-13-26-14-22-17-9-5-4-8-16(17)20(26)28)23-21-25-24-19(29-21)11-10-15-6-2-1-3-7-15/h1-9,14H,10-13H2,(H,23,25,27). The van der Waals surface area contributed by atoms with Gasteiger partial charge >= 0.3 is 0 Å². The zero-order valence-electron chi connectivity index (χ0n) is 15.6. The molecule has 1 N–H and O–H groups in total. The summed E-state index contributed by atoms with van der Waals surface area (Å²) in [5, 5.41) is 12.8. The van der Waals surface area contributed by atoms with Gasteiger partial charge in [0.2, 0.25) is 11.0 Å². The van der Waals surface area contributed by atoms with Gasteiger partial charge in [-0.3, -0.25) is 14.2 Å². The molecule has 2 aromatic heterocycles. The van der Waals surface area contributed by atoms with Gasteiger partial charge in [0.15, 0.2) is 0 Å². The summed E-state index contributed by atoms with van der Waals surface area (Å²) in [6.45, 7) is 0.252. The van der Waals surface area contributed by atoms with Gasteiger partial charge in [-0.15, -0.1) is 10.2 Å². The van der Waals surface area contributed by atoms with Crippen molar-refractivity contribution in [3.05, 3.63) is 81.8 Å². The van der Waals surface area contributed by atoms with Gasteiger partial charge in [0.25, 0.3) is 5.56 Å². The van der Waals surface area contributed by atoms with Crippen LogP contribution in [0.15, 0.2) is 65.7 Å². The zero-order chi connectivity index (χ0) is 20.1. The van der Waals surface area contributed by atoms with E-state index in [0.717, 1.165) is 17.8 Å². The Morgan fingerprint density at radius 3 is 2.66 bits per heavy atom. The van der Waals surface area contributed by atoms with Crippen molar-refractivity contribution >= 4 is 33.3 Å². The number of anilines is 1. The van der Waals surface area contributed by atoms with Crippen LogP contribution in [0.5, 0.6) is 0 Å². The second kappa shape index (κ2) is 8.74. The van der Waals surface area contributed by atoms with Crippen LogP contribution in [0.2, 0.25) is 0 Å². The van der Waals surface area contributed by atoms with Crippen molar-refractivity contribution in [2.75, 3.05) is 5.32 Å². The molecule has 29 heavy (non-hydrogen) atoms. The fraction of sp³-hybridized carbons (Fsp3) is 0.190. The summed E-state index contributed by atoms with van der Waals surface area (Å²) < 4.78 is 1.45. The molecule has 0 bridgehead atoms. The van der Waals surface area contributed by atoms with Gasteiger partial charge < -0.3 is 5.32 Å². The maximum Gasteiger partial charge on any atom is 0.261 e. The molecule has 0 spiro atoms. The number of rotatable bonds is 7. The molecule has 0 aliphatic carbocycles. The number of hydrogen-bond donors (Lipinski definition) is 1. The smallest absolute Gasteiger partial charge is 0.261 e. The zero-order valence-corrected chi connectivity index (χ0v) is 16.4. The van der Waals surface area contributed by atoms with Crippen LogP contribution in [0.3, 0.4) is 0 Å². The minimum Gasteiger partial charge on any atom is -0.300 e. The number of carbonyl (C=O) groups excluding carboxylic acids is 1. The normalized spacial score (nSPS) is 10.9. The van der Waals surface area contributed by atoms with E-state index in [4.69, 9.17) is 0 Å². The predicted molar refractivity (Wildman–Crippen MR) is 113 cm³/mol. The molecule has 7 nitrogen and oxygen atoms in total. The molecule has 2 heterocycles. The monoisotopic (exact) mass is 405 g/mol. The van der Waals surface area contributed by atoms with E-state index in [-0.39, 0.29) is 24.4 Å². The first-order valence-corrected chi connectivity index (χ1v) is 10.1. The minimum absolute atomic E-state index is 0.150. The van der Waals surface area contributed by atoms with Gasteiger partial charge in [0, 0.05) is 19.4 Å². The molecule has 4 rings (SSSR count). The Labute approximate surface area is 171 Å². The van der Waals surface area contributed by atoms with Crippen molar-refractivity contribution in [2.24, 2.45) is 0 Å². The van der Waals surface area contributed by atoms with Crippen LogP contribution in [0.1, 0.15) is 17.0 Å². The third kappa shape index (κ3) is 4.72. The van der Waals surface area contributed by atoms with E-state index in [9.17, 15) is 9.59 Å². The molecular weight excluding hydrogens is 386 g/mol. The number of aryl methyl sites for hydroxylation is 3. The van der Waals surface area contributed by atoms with Gasteiger partial charge in [-0.25, -0.2) is 4.98 Å². The first kappa shape index (κ1) is 18.9. The average Bonchev–Trinajstić information content (AvgIpc) is 3.20. The van der Waals surface area contributed by atoms with Crippen LogP contribution in [0.4, 0.5) is 5.13 Å². The van der Waals surface area contributed by atoms with Crippen molar-refractivity contribution in [3.63, 3.8) is 0 Å². The van der Waals surface area contributed by atoms with Crippen molar-refractivity contribution in [1.29, 1.82) is 0 Å². The first-order valence-electron chi connectivity index (χ1n) is 9.29. The van der Waals surface area contributed by atoms with E-state index < -0.39 is 0 Å². The van der Waals surface area contributed by atoms with Crippen molar-refractivity contribution in [2.45, 2.75) is 25.8 Å². The first-order chi connectivity index (χ1) is 14.2. The van der Waals surface area contributed by atoms with Gasteiger partial charge in [-0.2, -0.15) is 0 Å². The molecule has 0 unspecified atom stereocenters. The van der Waals surface area contributed by atoms with Crippen molar-refractivity contribution in [3.8, 4) is 0 Å². The summed E-state index contributed by atoms with van der Waals surface area (Å²) in [5.74, 6) is -0.212. The number of hydrogen-bond acceptors (Lipinski definition) is 6. The minimum atomic E-state index is -0.212. The summed E-state index contributed by atoms with van der Waals surface area (Å²) in [7, 11) is 0. The van der Waals surface area contributed by atoms with Crippen LogP contribution < -0.4 is 10.9 Å². The highest BCUT2D eigenvalue weighted by Gasteiger charge is 2.10. The topological polar surface area (TPSA) is 89.8 Å². The van der Waals surface area contributed by atoms with Crippen LogP contribution in [-0.4, -0.2) is 25.7 Å². The highest BCUT2D eigenvalue weighted by atomic mass is 32.1. The summed E-state index contributed by atoms with van der Waals surface area (Å²) in [6.07, 6.45) is 3.28. The number of nitrogens with one attached hydrogen (secondary N) is 1. The lowest BCUT2D eigenvalue weighted by Gasteiger charge is -2.06. The molecule has 0 fully saturated rings. The molecule has 146 valence electrons. The van der Waals surface area contributed by atoms with E-state index in [1.807, 2.05) is 24.3 Å². The lowest BCUT2D eigenvalue weighted by molar-refractivity contribution is -0.116. The third-order valence-electron chi connectivity index (χ3n) is 4.49. The Morgan fingerprint density at radius 1 is 1.00 bits per heavy atom. The van der Waals surface area contributed by atoms with Gasteiger partial charge in [0.1, 0.15) is 5.01 Å². The summed E-state index contributed by atoms with van der Waals surface area (Å²) in [5.41, 5.74) is 1.74. The fourth-order valence-electron chi connectivity index (χ4n) is 2.97. The molecule has 0 aliphatic rings. The maximum atomic E-state index is 12.5. The molecule has 0 aliphatic heterocycles. The molecule has 0 saturated carbocycles. The second-order valence-electron chi connectivity index (χ2n) is 6.54. The summed E-state index contributed by atoms with van der Waals surface area (Å²) in [6, 6.07) is 17.3. The number of para-hydroxylation sites is 1. The molecule has 2 aromatic carbocycles. The molecule has 0 radical (unpaired) electrons. The molecular formula is C21H19N5O2S. The maximum absolute atomic E-state index is 12.5. The lowest BCUT2D eigenvalue weighted by Crippen LogP contribution is -2.23. The largest absolute Gasteiger partial charge is 0.300 e. The Morgan fingerprint density at radius 2 is 1.79 bits per heavy atom. The number of carbonyl (C=O) groups is 1. The van der Waals surface area contributed by atoms with Crippen LogP contribution in [-0.2, 0) is 24.2 Å². The Bertz CT molecular complexity index is 1190. The quantitative estimate of drug-likeness (QED) is 0.510. The average molecular weight is 405 g/mol. The SMILES string of the molecule is O=C(CCn1cnc2ccccc2c1=O)Nc1nnc(CCc2ccccc2)s1. The van der Waals surface area contributed by atoms with Gasteiger partial charge in [-0.1, -0.05) is 53.8 Å². The van der Waals surface area contributed by atoms with Gasteiger partial charge in [0.05, 0.1) is 17.2 Å². The Hall–Kier alpha value is -3.39. The Kier molecular flexibility index (Phi) is 5.71. The van der Waals surface area contributed by atoms with Crippen LogP contribution >= 0.6 is 11.3 Å². The van der Waals surface area contributed by atoms with E-state index in [0.29, 0.717) is 16.0 Å².